The SMILES string of the molecule is CC(C)c1ccccc1OCCNC(=O)C(C)N(c1ccc(Cl)c(C(F)(F)F)c1)S(C)(=O)=O. The molecule has 1 unspecified atom stereocenters. The molecule has 0 aromatic heterocycles. The summed E-state index contributed by atoms with van der Waals surface area (Å²) in [6, 6.07) is 8.83. The number of alkyl halides is 3. The average Bonchev–Trinajstić information content (AvgIpc) is 2.70. The minimum absolute atomic E-state index is 0.0711. The summed E-state index contributed by atoms with van der Waals surface area (Å²) in [6.07, 6.45) is -3.98. The second-order valence-corrected chi connectivity index (χ2v) is 10.00. The third-order valence-corrected chi connectivity index (χ3v) is 6.37. The van der Waals surface area contributed by atoms with Gasteiger partial charge in [0.15, 0.2) is 0 Å². The molecule has 0 heterocycles. The van der Waals surface area contributed by atoms with Crippen LogP contribution < -0.4 is 14.4 Å². The topological polar surface area (TPSA) is 75.7 Å². The van der Waals surface area contributed by atoms with E-state index in [4.69, 9.17) is 16.3 Å². The molecule has 1 atom stereocenters. The van der Waals surface area contributed by atoms with Crippen molar-refractivity contribution in [1.82, 2.24) is 5.32 Å². The maximum Gasteiger partial charge on any atom is 0.417 e. The lowest BCUT2D eigenvalue weighted by Crippen LogP contribution is -2.48. The van der Waals surface area contributed by atoms with Crippen LogP contribution in [0.4, 0.5) is 18.9 Å². The van der Waals surface area contributed by atoms with Crippen LogP contribution >= 0.6 is 11.6 Å². The third-order valence-electron chi connectivity index (χ3n) is 4.80. The van der Waals surface area contributed by atoms with Crippen molar-refractivity contribution in [3.05, 3.63) is 58.6 Å². The molecule has 0 saturated heterocycles. The summed E-state index contributed by atoms with van der Waals surface area (Å²) >= 11 is 5.63. The molecule has 6 nitrogen and oxygen atoms in total. The number of carbonyl (C=O) groups excluding carboxylic acids is 1. The van der Waals surface area contributed by atoms with Gasteiger partial charge >= 0.3 is 6.18 Å². The van der Waals surface area contributed by atoms with E-state index in [0.29, 0.717) is 16.1 Å². The molecule has 1 N–H and O–H groups in total. The second kappa shape index (κ2) is 10.6. The molecule has 2 aromatic rings. The lowest BCUT2D eigenvalue weighted by atomic mass is 10.0. The Kier molecular flexibility index (Phi) is 8.64. The summed E-state index contributed by atoms with van der Waals surface area (Å²) in [4.78, 5) is 12.6. The van der Waals surface area contributed by atoms with Gasteiger partial charge in [-0.25, -0.2) is 8.42 Å². The number of hydrogen-bond acceptors (Lipinski definition) is 4. The Morgan fingerprint density at radius 1 is 1.15 bits per heavy atom. The van der Waals surface area contributed by atoms with Gasteiger partial charge in [0.25, 0.3) is 0 Å². The summed E-state index contributed by atoms with van der Waals surface area (Å²) < 4.78 is 70.7. The summed E-state index contributed by atoms with van der Waals surface area (Å²) in [6.45, 7) is 5.52. The molecule has 0 saturated carbocycles. The van der Waals surface area contributed by atoms with E-state index in [9.17, 15) is 26.4 Å². The van der Waals surface area contributed by atoms with Gasteiger partial charge in [0, 0.05) is 0 Å². The Morgan fingerprint density at radius 2 is 1.79 bits per heavy atom. The molecular formula is C22H26ClF3N2O4S. The van der Waals surface area contributed by atoms with Crippen molar-refractivity contribution in [2.45, 2.75) is 38.9 Å². The molecule has 0 aliphatic heterocycles. The van der Waals surface area contributed by atoms with Crippen LogP contribution in [0.1, 0.15) is 37.8 Å². The molecule has 0 aliphatic carbocycles. The first-order chi connectivity index (χ1) is 15.2. The van der Waals surface area contributed by atoms with Crippen molar-refractivity contribution in [2.75, 3.05) is 23.7 Å². The van der Waals surface area contributed by atoms with E-state index in [1.54, 1.807) is 0 Å². The largest absolute Gasteiger partial charge is 0.491 e. The van der Waals surface area contributed by atoms with E-state index in [1.807, 2.05) is 38.1 Å². The number of rotatable bonds is 9. The van der Waals surface area contributed by atoms with Gasteiger partial charge in [0.2, 0.25) is 15.9 Å². The van der Waals surface area contributed by atoms with Crippen LogP contribution in [0.5, 0.6) is 5.75 Å². The van der Waals surface area contributed by atoms with E-state index >= 15 is 0 Å². The molecule has 0 radical (unpaired) electrons. The normalized spacial score (nSPS) is 13.0. The number of anilines is 1. The Morgan fingerprint density at radius 3 is 2.36 bits per heavy atom. The maximum absolute atomic E-state index is 13.2. The quantitative estimate of drug-likeness (QED) is 0.494. The Hall–Kier alpha value is -2.46. The number of benzene rings is 2. The first kappa shape index (κ1) is 26.8. The predicted molar refractivity (Wildman–Crippen MR) is 122 cm³/mol. The fourth-order valence-electron chi connectivity index (χ4n) is 3.25. The number of hydrogen-bond donors (Lipinski definition) is 1. The molecule has 0 bridgehead atoms. The zero-order valence-electron chi connectivity index (χ0n) is 18.6. The fourth-order valence-corrected chi connectivity index (χ4v) is 4.64. The molecule has 11 heteroatoms. The van der Waals surface area contributed by atoms with Gasteiger partial charge < -0.3 is 10.1 Å². The van der Waals surface area contributed by atoms with Gasteiger partial charge in [-0.3, -0.25) is 9.10 Å². The summed E-state index contributed by atoms with van der Waals surface area (Å²) in [7, 11) is -4.10. The Balaban J connectivity index is 2.13. The first-order valence-electron chi connectivity index (χ1n) is 10.1. The zero-order valence-corrected chi connectivity index (χ0v) is 20.2. The van der Waals surface area contributed by atoms with Gasteiger partial charge in [-0.2, -0.15) is 13.2 Å². The maximum atomic E-state index is 13.2. The van der Waals surface area contributed by atoms with Crippen LogP contribution in [0, 0.1) is 0 Å². The van der Waals surface area contributed by atoms with E-state index in [2.05, 4.69) is 5.32 Å². The molecule has 0 fully saturated rings. The highest BCUT2D eigenvalue weighted by Crippen LogP contribution is 2.37. The summed E-state index contributed by atoms with van der Waals surface area (Å²) in [5.74, 6) is 0.221. The summed E-state index contributed by atoms with van der Waals surface area (Å²) in [5.41, 5.74) is -0.511. The van der Waals surface area contributed by atoms with Crippen LogP contribution in [0.2, 0.25) is 5.02 Å². The average molecular weight is 507 g/mol. The molecule has 0 aliphatic rings. The minimum Gasteiger partial charge on any atom is -0.491 e. The monoisotopic (exact) mass is 506 g/mol. The van der Waals surface area contributed by atoms with Crippen molar-refractivity contribution in [3.63, 3.8) is 0 Å². The van der Waals surface area contributed by atoms with Crippen LogP contribution in [-0.4, -0.2) is 39.8 Å². The van der Waals surface area contributed by atoms with E-state index < -0.39 is 38.7 Å². The lowest BCUT2D eigenvalue weighted by Gasteiger charge is -2.29. The number of sulfonamides is 1. The van der Waals surface area contributed by atoms with Gasteiger partial charge in [-0.1, -0.05) is 43.6 Å². The van der Waals surface area contributed by atoms with Gasteiger partial charge in [-0.05, 0) is 42.7 Å². The smallest absolute Gasteiger partial charge is 0.417 e. The molecule has 0 spiro atoms. The van der Waals surface area contributed by atoms with Crippen molar-refractivity contribution in [3.8, 4) is 5.75 Å². The number of amides is 1. The van der Waals surface area contributed by atoms with Crippen LogP contribution in [-0.2, 0) is 21.0 Å². The number of nitrogens with one attached hydrogen (secondary N) is 1. The zero-order chi connectivity index (χ0) is 25.0. The second-order valence-electron chi connectivity index (χ2n) is 7.73. The number of carbonyl (C=O) groups is 1. The first-order valence-corrected chi connectivity index (χ1v) is 12.3. The molecular weight excluding hydrogens is 481 g/mol. The third kappa shape index (κ3) is 7.01. The molecule has 2 aromatic carbocycles. The fraction of sp³-hybridized carbons (Fsp3) is 0.409. The molecule has 2 rings (SSSR count). The highest BCUT2D eigenvalue weighted by atomic mass is 35.5. The predicted octanol–water partition coefficient (Wildman–Crippen LogP) is 4.83. The molecule has 182 valence electrons. The van der Waals surface area contributed by atoms with Crippen LogP contribution in [0.25, 0.3) is 0 Å². The van der Waals surface area contributed by atoms with E-state index in [0.717, 1.165) is 24.0 Å². The van der Waals surface area contributed by atoms with Crippen molar-refractivity contribution in [2.24, 2.45) is 0 Å². The number of para-hydroxylation sites is 1. The van der Waals surface area contributed by atoms with Gasteiger partial charge in [0.1, 0.15) is 18.4 Å². The highest BCUT2D eigenvalue weighted by Gasteiger charge is 2.36. The molecule has 33 heavy (non-hydrogen) atoms. The minimum atomic E-state index is -4.79. The lowest BCUT2D eigenvalue weighted by molar-refractivity contribution is -0.137. The Labute approximate surface area is 196 Å². The standard InChI is InChI=1S/C22H26ClF3N2O4S/c1-14(2)17-7-5-6-8-20(17)32-12-11-27-21(29)15(3)28(33(4,30)31)16-9-10-19(23)18(13-16)22(24,25)26/h5-10,13-15H,11-12H2,1-4H3,(H,27,29). The van der Waals surface area contributed by atoms with Crippen LogP contribution in [0.3, 0.4) is 0 Å². The molecule has 1 amide bonds. The van der Waals surface area contributed by atoms with Crippen molar-refractivity contribution < 1.29 is 31.1 Å². The van der Waals surface area contributed by atoms with Crippen LogP contribution in [0.15, 0.2) is 42.5 Å². The van der Waals surface area contributed by atoms with Crippen molar-refractivity contribution in [1.29, 1.82) is 0 Å². The van der Waals surface area contributed by atoms with Gasteiger partial charge in [0.05, 0.1) is 29.1 Å². The van der Waals surface area contributed by atoms with Gasteiger partial charge in [-0.15, -0.1) is 0 Å². The number of ether oxygens (including phenoxy) is 1. The van der Waals surface area contributed by atoms with E-state index in [-0.39, 0.29) is 24.8 Å². The number of halogens is 4. The Bertz CT molecular complexity index is 1090. The number of nitrogens with zero attached hydrogens (tertiary/aromatic N) is 1. The van der Waals surface area contributed by atoms with E-state index in [1.165, 1.54) is 6.92 Å². The summed E-state index contributed by atoms with van der Waals surface area (Å²) in [5, 5.41) is 1.99. The highest BCUT2D eigenvalue weighted by molar-refractivity contribution is 7.92. The van der Waals surface area contributed by atoms with Crippen molar-refractivity contribution >= 4 is 33.2 Å².